The van der Waals surface area contributed by atoms with Gasteiger partial charge in [-0.15, -0.1) is 0 Å². The average molecular weight is 272 g/mol. The molecule has 0 atom stereocenters. The summed E-state index contributed by atoms with van der Waals surface area (Å²) < 4.78 is 5.22. The Hall–Kier alpha value is -1.30. The molecule has 0 rings (SSSR count). The van der Waals surface area contributed by atoms with Gasteiger partial charge < -0.3 is 20.7 Å². The molecule has 1 amide bonds. The van der Waals surface area contributed by atoms with Crippen LogP contribution in [-0.2, 0) is 9.53 Å². The highest BCUT2D eigenvalue weighted by Gasteiger charge is 2.20. The lowest BCUT2D eigenvalue weighted by Crippen LogP contribution is -2.44. The van der Waals surface area contributed by atoms with E-state index in [1.54, 1.807) is 7.05 Å². The molecule has 0 saturated carbocycles. The SMILES string of the molecule is CCOCCNC(=NC)NCCNC(=O)C(C)(C)C. The lowest BCUT2D eigenvalue weighted by atomic mass is 9.96. The maximum atomic E-state index is 11.6. The van der Waals surface area contributed by atoms with Crippen molar-refractivity contribution in [2.24, 2.45) is 10.4 Å². The molecule has 19 heavy (non-hydrogen) atoms. The van der Waals surface area contributed by atoms with Crippen molar-refractivity contribution in [1.82, 2.24) is 16.0 Å². The third-order valence-electron chi connectivity index (χ3n) is 2.35. The first-order chi connectivity index (χ1) is 8.91. The summed E-state index contributed by atoms with van der Waals surface area (Å²) in [5, 5.41) is 9.12. The molecule has 112 valence electrons. The predicted octanol–water partition coefficient (Wildman–Crippen LogP) is 0.350. The van der Waals surface area contributed by atoms with Crippen LogP contribution in [0.1, 0.15) is 27.7 Å². The number of ether oxygens (including phenoxy) is 1. The summed E-state index contributed by atoms with van der Waals surface area (Å²) in [7, 11) is 1.71. The smallest absolute Gasteiger partial charge is 0.225 e. The van der Waals surface area contributed by atoms with E-state index in [1.807, 2.05) is 27.7 Å². The van der Waals surface area contributed by atoms with Gasteiger partial charge in [0.05, 0.1) is 6.61 Å². The van der Waals surface area contributed by atoms with Gasteiger partial charge in [0, 0.05) is 38.7 Å². The van der Waals surface area contributed by atoms with Crippen molar-refractivity contribution in [2.75, 3.05) is 39.9 Å². The molecular weight excluding hydrogens is 244 g/mol. The normalized spacial score (nSPS) is 12.2. The van der Waals surface area contributed by atoms with Crippen LogP contribution in [0, 0.1) is 5.41 Å². The third kappa shape index (κ3) is 9.30. The summed E-state index contributed by atoms with van der Waals surface area (Å²) in [6.45, 7) is 10.9. The van der Waals surface area contributed by atoms with E-state index in [1.165, 1.54) is 0 Å². The Kier molecular flexibility index (Phi) is 8.95. The number of amides is 1. The fourth-order valence-corrected chi connectivity index (χ4v) is 1.23. The lowest BCUT2D eigenvalue weighted by Gasteiger charge is -2.18. The number of guanidine groups is 1. The van der Waals surface area contributed by atoms with Crippen molar-refractivity contribution in [3.63, 3.8) is 0 Å². The maximum absolute atomic E-state index is 11.6. The molecule has 0 saturated heterocycles. The van der Waals surface area contributed by atoms with E-state index in [-0.39, 0.29) is 11.3 Å². The quantitative estimate of drug-likeness (QED) is 0.355. The third-order valence-corrected chi connectivity index (χ3v) is 2.35. The van der Waals surface area contributed by atoms with Crippen LogP contribution in [0.3, 0.4) is 0 Å². The van der Waals surface area contributed by atoms with E-state index < -0.39 is 0 Å². The molecule has 0 unspecified atom stereocenters. The van der Waals surface area contributed by atoms with Gasteiger partial charge in [0.2, 0.25) is 5.91 Å². The van der Waals surface area contributed by atoms with Crippen molar-refractivity contribution < 1.29 is 9.53 Å². The predicted molar refractivity (Wildman–Crippen MR) is 78.3 cm³/mol. The molecule has 3 N–H and O–H groups in total. The Bertz CT molecular complexity index is 285. The fourth-order valence-electron chi connectivity index (χ4n) is 1.23. The molecule has 0 aliphatic heterocycles. The summed E-state index contributed by atoms with van der Waals surface area (Å²) in [4.78, 5) is 15.7. The number of carbonyl (C=O) groups excluding carboxylic acids is 1. The highest BCUT2D eigenvalue weighted by Crippen LogP contribution is 2.11. The van der Waals surface area contributed by atoms with Gasteiger partial charge in [0.25, 0.3) is 0 Å². The van der Waals surface area contributed by atoms with Crippen LogP contribution >= 0.6 is 0 Å². The summed E-state index contributed by atoms with van der Waals surface area (Å²) in [6.07, 6.45) is 0. The molecular formula is C13H28N4O2. The second-order valence-corrected chi connectivity index (χ2v) is 5.13. The molecule has 0 aliphatic carbocycles. The summed E-state index contributed by atoms with van der Waals surface area (Å²) in [5.41, 5.74) is -0.350. The minimum absolute atomic E-state index is 0.0496. The van der Waals surface area contributed by atoms with Crippen molar-refractivity contribution in [3.05, 3.63) is 0 Å². The average Bonchev–Trinajstić information content (AvgIpc) is 2.35. The van der Waals surface area contributed by atoms with Crippen LogP contribution in [-0.4, -0.2) is 51.8 Å². The molecule has 0 spiro atoms. The second-order valence-electron chi connectivity index (χ2n) is 5.13. The molecule has 0 aromatic rings. The van der Waals surface area contributed by atoms with Crippen molar-refractivity contribution in [3.8, 4) is 0 Å². The molecule has 6 nitrogen and oxygen atoms in total. The van der Waals surface area contributed by atoms with Crippen LogP contribution in [0.25, 0.3) is 0 Å². The van der Waals surface area contributed by atoms with Crippen molar-refractivity contribution in [2.45, 2.75) is 27.7 Å². The Morgan fingerprint density at radius 2 is 1.68 bits per heavy atom. The fraction of sp³-hybridized carbons (Fsp3) is 0.846. The lowest BCUT2D eigenvalue weighted by molar-refractivity contribution is -0.128. The van der Waals surface area contributed by atoms with E-state index in [9.17, 15) is 4.79 Å². The maximum Gasteiger partial charge on any atom is 0.225 e. The highest BCUT2D eigenvalue weighted by atomic mass is 16.5. The Balaban J connectivity index is 3.71. The number of hydrogen-bond donors (Lipinski definition) is 3. The topological polar surface area (TPSA) is 74.8 Å². The first kappa shape index (κ1) is 17.7. The van der Waals surface area contributed by atoms with Crippen LogP contribution in [0.15, 0.2) is 4.99 Å². The van der Waals surface area contributed by atoms with Gasteiger partial charge in [0.1, 0.15) is 0 Å². The largest absolute Gasteiger partial charge is 0.380 e. The molecule has 6 heteroatoms. The van der Waals surface area contributed by atoms with Gasteiger partial charge >= 0.3 is 0 Å². The minimum Gasteiger partial charge on any atom is -0.380 e. The van der Waals surface area contributed by atoms with Gasteiger partial charge in [-0.1, -0.05) is 20.8 Å². The van der Waals surface area contributed by atoms with E-state index in [0.717, 1.165) is 0 Å². The van der Waals surface area contributed by atoms with E-state index in [4.69, 9.17) is 4.74 Å². The second kappa shape index (κ2) is 9.61. The number of nitrogens with one attached hydrogen (secondary N) is 3. The van der Waals surface area contributed by atoms with Gasteiger partial charge in [-0.3, -0.25) is 9.79 Å². The highest BCUT2D eigenvalue weighted by molar-refractivity contribution is 5.81. The van der Waals surface area contributed by atoms with Crippen molar-refractivity contribution >= 4 is 11.9 Å². The number of aliphatic imine (C=N–C) groups is 1. The monoisotopic (exact) mass is 272 g/mol. The minimum atomic E-state index is -0.350. The zero-order valence-corrected chi connectivity index (χ0v) is 12.8. The van der Waals surface area contributed by atoms with Gasteiger partial charge in [-0.05, 0) is 6.92 Å². The van der Waals surface area contributed by atoms with Crippen LogP contribution in [0.5, 0.6) is 0 Å². The van der Waals surface area contributed by atoms with Gasteiger partial charge in [-0.25, -0.2) is 0 Å². The van der Waals surface area contributed by atoms with Gasteiger partial charge in [-0.2, -0.15) is 0 Å². The molecule has 0 heterocycles. The van der Waals surface area contributed by atoms with Crippen molar-refractivity contribution in [1.29, 1.82) is 0 Å². The van der Waals surface area contributed by atoms with E-state index in [2.05, 4.69) is 20.9 Å². The Morgan fingerprint density at radius 3 is 2.21 bits per heavy atom. The first-order valence-corrected chi connectivity index (χ1v) is 6.72. The molecule has 0 bridgehead atoms. The number of nitrogens with zero attached hydrogens (tertiary/aromatic N) is 1. The summed E-state index contributed by atoms with van der Waals surface area (Å²) >= 11 is 0. The van der Waals surface area contributed by atoms with E-state index >= 15 is 0 Å². The number of hydrogen-bond acceptors (Lipinski definition) is 3. The standard InChI is InChI=1S/C13H28N4O2/c1-6-19-10-9-17-12(14-5)16-8-7-15-11(18)13(2,3)4/h6-10H2,1-5H3,(H,15,18)(H2,14,16,17). The zero-order chi connectivity index (χ0) is 14.7. The molecule has 0 radical (unpaired) electrons. The summed E-state index contributed by atoms with van der Waals surface area (Å²) in [6, 6.07) is 0. The molecule has 0 fully saturated rings. The summed E-state index contributed by atoms with van der Waals surface area (Å²) in [5.74, 6) is 0.762. The number of rotatable bonds is 7. The molecule has 0 aromatic heterocycles. The van der Waals surface area contributed by atoms with Crippen LogP contribution in [0.2, 0.25) is 0 Å². The van der Waals surface area contributed by atoms with Gasteiger partial charge in [0.15, 0.2) is 5.96 Å². The van der Waals surface area contributed by atoms with Crippen LogP contribution < -0.4 is 16.0 Å². The van der Waals surface area contributed by atoms with Crippen LogP contribution in [0.4, 0.5) is 0 Å². The Morgan fingerprint density at radius 1 is 1.11 bits per heavy atom. The van der Waals surface area contributed by atoms with E-state index in [0.29, 0.717) is 38.8 Å². The zero-order valence-electron chi connectivity index (χ0n) is 12.8. The molecule has 0 aliphatic rings. The number of carbonyl (C=O) groups is 1. The first-order valence-electron chi connectivity index (χ1n) is 6.72. The Labute approximate surface area is 116 Å². The molecule has 0 aromatic carbocycles.